The molecule has 0 aliphatic carbocycles. The van der Waals surface area contributed by atoms with E-state index < -0.39 is 0 Å². The van der Waals surface area contributed by atoms with E-state index in [9.17, 15) is 4.79 Å². The minimum absolute atomic E-state index is 0.156. The molecular formula is C19H20N4O. The van der Waals surface area contributed by atoms with Crippen molar-refractivity contribution in [1.82, 2.24) is 0 Å². The van der Waals surface area contributed by atoms with E-state index in [0.29, 0.717) is 11.3 Å². The highest BCUT2D eigenvalue weighted by Gasteiger charge is 2.12. The highest BCUT2D eigenvalue weighted by atomic mass is 16.1. The number of benzene rings is 2. The van der Waals surface area contributed by atoms with Gasteiger partial charge in [-0.1, -0.05) is 12.1 Å². The predicted octanol–water partition coefficient (Wildman–Crippen LogP) is 3.21. The lowest BCUT2D eigenvalue weighted by Crippen LogP contribution is -2.22. The largest absolute Gasteiger partial charge is 0.376 e. The second kappa shape index (κ2) is 7.51. The first-order valence-corrected chi connectivity index (χ1v) is 8.14. The summed E-state index contributed by atoms with van der Waals surface area (Å²) in [6, 6.07) is 17.2. The summed E-state index contributed by atoms with van der Waals surface area (Å²) >= 11 is 0. The number of amides is 1. The van der Waals surface area contributed by atoms with Gasteiger partial charge in [0, 0.05) is 24.5 Å². The van der Waals surface area contributed by atoms with Crippen LogP contribution < -0.4 is 15.5 Å². The molecule has 3 rings (SSSR count). The van der Waals surface area contributed by atoms with Crippen molar-refractivity contribution in [3.63, 3.8) is 0 Å². The quantitative estimate of drug-likeness (QED) is 0.887. The Morgan fingerprint density at radius 1 is 1.08 bits per heavy atom. The second-order valence-electron chi connectivity index (χ2n) is 5.80. The smallest absolute Gasteiger partial charge is 0.243 e. The van der Waals surface area contributed by atoms with Gasteiger partial charge in [0.1, 0.15) is 6.07 Å². The second-order valence-corrected chi connectivity index (χ2v) is 5.80. The highest BCUT2D eigenvalue weighted by molar-refractivity contribution is 5.94. The van der Waals surface area contributed by atoms with Crippen LogP contribution >= 0.6 is 0 Å². The first-order valence-electron chi connectivity index (χ1n) is 8.14. The Hall–Kier alpha value is -3.00. The molecule has 0 unspecified atom stereocenters. The third-order valence-corrected chi connectivity index (χ3v) is 4.11. The molecule has 5 heteroatoms. The van der Waals surface area contributed by atoms with E-state index in [1.807, 2.05) is 12.1 Å². The maximum Gasteiger partial charge on any atom is 0.243 e. The summed E-state index contributed by atoms with van der Waals surface area (Å²) < 4.78 is 0. The molecule has 24 heavy (non-hydrogen) atoms. The van der Waals surface area contributed by atoms with Crippen LogP contribution in [0.15, 0.2) is 48.5 Å². The summed E-state index contributed by atoms with van der Waals surface area (Å²) in [5, 5.41) is 14.9. The average molecular weight is 320 g/mol. The van der Waals surface area contributed by atoms with Crippen LogP contribution in [0.4, 0.5) is 17.1 Å². The number of anilines is 3. The van der Waals surface area contributed by atoms with E-state index in [0.717, 1.165) is 18.8 Å². The Balaban J connectivity index is 1.53. The summed E-state index contributed by atoms with van der Waals surface area (Å²) in [6.07, 6.45) is 2.51. The lowest BCUT2D eigenvalue weighted by Gasteiger charge is -2.18. The van der Waals surface area contributed by atoms with Gasteiger partial charge < -0.3 is 15.5 Å². The van der Waals surface area contributed by atoms with E-state index >= 15 is 0 Å². The number of hydrogen-bond acceptors (Lipinski definition) is 4. The maximum absolute atomic E-state index is 12.0. The Labute approximate surface area is 141 Å². The van der Waals surface area contributed by atoms with Gasteiger partial charge in [0.2, 0.25) is 5.91 Å². The fourth-order valence-electron chi connectivity index (χ4n) is 2.83. The molecule has 0 radical (unpaired) electrons. The SMILES string of the molecule is N#Cc1ccccc1NC(=O)CNc1ccc(N2CCCC2)cc1. The van der Waals surface area contributed by atoms with Crippen molar-refractivity contribution in [3.05, 3.63) is 54.1 Å². The molecule has 2 aromatic rings. The van der Waals surface area contributed by atoms with Crippen LogP contribution in [-0.4, -0.2) is 25.5 Å². The Kier molecular flexibility index (Phi) is 4.97. The van der Waals surface area contributed by atoms with Gasteiger partial charge in [-0.3, -0.25) is 4.79 Å². The van der Waals surface area contributed by atoms with Crippen molar-refractivity contribution < 1.29 is 4.79 Å². The van der Waals surface area contributed by atoms with Crippen LogP contribution in [0.25, 0.3) is 0 Å². The molecule has 1 amide bonds. The summed E-state index contributed by atoms with van der Waals surface area (Å²) in [4.78, 5) is 14.4. The molecule has 0 aromatic heterocycles. The molecular weight excluding hydrogens is 300 g/mol. The fourth-order valence-corrected chi connectivity index (χ4v) is 2.83. The highest BCUT2D eigenvalue weighted by Crippen LogP contribution is 2.22. The van der Waals surface area contributed by atoms with Crippen LogP contribution in [-0.2, 0) is 4.79 Å². The van der Waals surface area contributed by atoms with E-state index in [2.05, 4.69) is 33.7 Å². The first kappa shape index (κ1) is 15.9. The number of para-hydroxylation sites is 1. The minimum atomic E-state index is -0.179. The molecule has 0 bridgehead atoms. The van der Waals surface area contributed by atoms with Gasteiger partial charge in [0.05, 0.1) is 17.8 Å². The maximum atomic E-state index is 12.0. The van der Waals surface area contributed by atoms with E-state index in [-0.39, 0.29) is 12.5 Å². The lowest BCUT2D eigenvalue weighted by molar-refractivity contribution is -0.114. The van der Waals surface area contributed by atoms with Crippen molar-refractivity contribution in [3.8, 4) is 6.07 Å². The van der Waals surface area contributed by atoms with Gasteiger partial charge in [0.25, 0.3) is 0 Å². The zero-order chi connectivity index (χ0) is 16.8. The van der Waals surface area contributed by atoms with Gasteiger partial charge in [-0.25, -0.2) is 0 Å². The van der Waals surface area contributed by atoms with Crippen molar-refractivity contribution in [2.24, 2.45) is 0 Å². The molecule has 0 saturated carbocycles. The number of carbonyl (C=O) groups excluding carboxylic acids is 1. The van der Waals surface area contributed by atoms with E-state index in [1.165, 1.54) is 18.5 Å². The normalized spacial score (nSPS) is 13.4. The van der Waals surface area contributed by atoms with Crippen LogP contribution in [0.2, 0.25) is 0 Å². The van der Waals surface area contributed by atoms with Gasteiger partial charge in [-0.05, 0) is 49.2 Å². The fraction of sp³-hybridized carbons (Fsp3) is 0.263. The number of rotatable bonds is 5. The third-order valence-electron chi connectivity index (χ3n) is 4.11. The molecule has 0 spiro atoms. The molecule has 1 aliphatic heterocycles. The Morgan fingerprint density at radius 2 is 1.79 bits per heavy atom. The molecule has 2 aromatic carbocycles. The van der Waals surface area contributed by atoms with Gasteiger partial charge in [-0.15, -0.1) is 0 Å². The zero-order valence-corrected chi connectivity index (χ0v) is 13.5. The number of nitrogens with one attached hydrogen (secondary N) is 2. The van der Waals surface area contributed by atoms with Crippen molar-refractivity contribution in [1.29, 1.82) is 5.26 Å². The topological polar surface area (TPSA) is 68.2 Å². The molecule has 1 fully saturated rings. The number of nitriles is 1. The molecule has 1 heterocycles. The molecule has 5 nitrogen and oxygen atoms in total. The van der Waals surface area contributed by atoms with Crippen molar-refractivity contribution >= 4 is 23.0 Å². The minimum Gasteiger partial charge on any atom is -0.376 e. The Bertz CT molecular complexity index is 743. The van der Waals surface area contributed by atoms with Gasteiger partial charge >= 0.3 is 0 Å². The summed E-state index contributed by atoms with van der Waals surface area (Å²) in [5.41, 5.74) is 3.13. The monoisotopic (exact) mass is 320 g/mol. The van der Waals surface area contributed by atoms with E-state index in [1.54, 1.807) is 24.3 Å². The summed E-state index contributed by atoms with van der Waals surface area (Å²) in [6.45, 7) is 2.39. The lowest BCUT2D eigenvalue weighted by atomic mass is 10.2. The molecule has 0 atom stereocenters. The van der Waals surface area contributed by atoms with Crippen molar-refractivity contribution in [2.45, 2.75) is 12.8 Å². The van der Waals surface area contributed by atoms with Crippen LogP contribution in [0.3, 0.4) is 0 Å². The molecule has 1 aliphatic rings. The molecule has 2 N–H and O–H groups in total. The summed E-state index contributed by atoms with van der Waals surface area (Å²) in [7, 11) is 0. The standard InChI is InChI=1S/C19H20N4O/c20-13-15-5-1-2-6-18(15)22-19(24)14-21-16-7-9-17(10-8-16)23-11-3-4-12-23/h1-2,5-10,21H,3-4,11-12,14H2,(H,22,24). The third kappa shape index (κ3) is 3.85. The number of nitrogens with zero attached hydrogens (tertiary/aromatic N) is 2. The average Bonchev–Trinajstić information content (AvgIpc) is 3.15. The zero-order valence-electron chi connectivity index (χ0n) is 13.5. The summed E-state index contributed by atoms with van der Waals surface area (Å²) in [5.74, 6) is -0.179. The van der Waals surface area contributed by atoms with E-state index in [4.69, 9.17) is 5.26 Å². The molecule has 122 valence electrons. The van der Waals surface area contributed by atoms with Gasteiger partial charge in [-0.2, -0.15) is 5.26 Å². The van der Waals surface area contributed by atoms with Gasteiger partial charge in [0.15, 0.2) is 0 Å². The number of hydrogen-bond donors (Lipinski definition) is 2. The van der Waals surface area contributed by atoms with Crippen LogP contribution in [0, 0.1) is 11.3 Å². The van der Waals surface area contributed by atoms with Crippen molar-refractivity contribution in [2.75, 3.05) is 35.2 Å². The predicted molar refractivity (Wildman–Crippen MR) is 96.2 cm³/mol. The van der Waals surface area contributed by atoms with Crippen LogP contribution in [0.5, 0.6) is 0 Å². The molecule has 1 saturated heterocycles. The first-order chi connectivity index (χ1) is 11.8. The number of carbonyl (C=O) groups is 1. The Morgan fingerprint density at radius 3 is 2.50 bits per heavy atom. The van der Waals surface area contributed by atoms with Crippen LogP contribution in [0.1, 0.15) is 18.4 Å².